The maximum atomic E-state index is 14.9. The minimum atomic E-state index is -0.719. The zero-order chi connectivity index (χ0) is 31.4. The highest BCUT2D eigenvalue weighted by Crippen LogP contribution is 2.44. The molecule has 2 aliphatic heterocycles. The van der Waals surface area contributed by atoms with E-state index < -0.39 is 29.2 Å². The Balaban J connectivity index is 1.48. The van der Waals surface area contributed by atoms with Gasteiger partial charge in [0.2, 0.25) is 0 Å². The third-order valence-electron chi connectivity index (χ3n) is 6.89. The van der Waals surface area contributed by atoms with Crippen molar-refractivity contribution >= 4 is 56.4 Å². The van der Waals surface area contributed by atoms with Crippen LogP contribution in [0.2, 0.25) is 5.02 Å². The summed E-state index contributed by atoms with van der Waals surface area (Å²) < 4.78 is 32.2. The number of nitrogens with one attached hydrogen (secondary N) is 1. The summed E-state index contributed by atoms with van der Waals surface area (Å²) in [6.45, 7) is 13.5. The van der Waals surface area contributed by atoms with Gasteiger partial charge in [-0.2, -0.15) is 0 Å². The van der Waals surface area contributed by atoms with Crippen LogP contribution in [-0.2, 0) is 9.47 Å². The second-order valence-corrected chi connectivity index (χ2v) is 13.9. The van der Waals surface area contributed by atoms with E-state index in [-0.39, 0.29) is 40.0 Å². The van der Waals surface area contributed by atoms with E-state index in [2.05, 4.69) is 10.3 Å². The molecule has 3 aromatic rings. The molecule has 10 nitrogen and oxygen atoms in total. The molecule has 0 saturated carbocycles. The molecule has 230 valence electrons. The molecule has 43 heavy (non-hydrogen) atoms. The Labute approximate surface area is 258 Å². The lowest BCUT2D eigenvalue weighted by Crippen LogP contribution is -2.58. The van der Waals surface area contributed by atoms with Crippen LogP contribution in [0.4, 0.5) is 19.1 Å². The largest absolute Gasteiger partial charge is 0.490 e. The van der Waals surface area contributed by atoms with E-state index >= 15 is 0 Å². The van der Waals surface area contributed by atoms with Crippen LogP contribution in [0.3, 0.4) is 0 Å². The van der Waals surface area contributed by atoms with E-state index in [1.54, 1.807) is 70.4 Å². The van der Waals surface area contributed by atoms with Crippen molar-refractivity contribution in [3.8, 4) is 16.9 Å². The number of carbonyl (C=O) groups excluding carboxylic acids is 3. The van der Waals surface area contributed by atoms with Crippen molar-refractivity contribution < 1.29 is 33.0 Å². The summed E-state index contributed by atoms with van der Waals surface area (Å²) in [6, 6.07) is 4.05. The second kappa shape index (κ2) is 11.1. The number of rotatable bonds is 2. The molecule has 1 atom stereocenters. The van der Waals surface area contributed by atoms with Crippen LogP contribution in [0, 0.1) is 12.7 Å². The van der Waals surface area contributed by atoms with Crippen molar-refractivity contribution in [2.45, 2.75) is 65.7 Å². The third kappa shape index (κ3) is 6.35. The van der Waals surface area contributed by atoms with Gasteiger partial charge in [-0.1, -0.05) is 22.9 Å². The van der Waals surface area contributed by atoms with Crippen molar-refractivity contribution in [1.82, 2.24) is 14.8 Å². The number of anilines is 1. The van der Waals surface area contributed by atoms with Gasteiger partial charge in [-0.15, -0.1) is 0 Å². The first-order valence-electron chi connectivity index (χ1n) is 13.9. The average molecular weight is 633 g/mol. The summed E-state index contributed by atoms with van der Waals surface area (Å²) >= 11 is 7.80. The molecule has 2 aliphatic rings. The summed E-state index contributed by atoms with van der Waals surface area (Å²) in [5, 5.41) is 3.00. The normalized spacial score (nSPS) is 17.1. The molecule has 13 heteroatoms. The average Bonchev–Trinajstić information content (AvgIpc) is 3.25. The number of amides is 3. The second-order valence-electron chi connectivity index (χ2n) is 12.5. The zero-order valence-corrected chi connectivity index (χ0v) is 26.7. The lowest BCUT2D eigenvalue weighted by atomic mass is 9.95. The van der Waals surface area contributed by atoms with Gasteiger partial charge in [0, 0.05) is 41.3 Å². The number of aromatic nitrogens is 1. The summed E-state index contributed by atoms with van der Waals surface area (Å²) in [5.41, 5.74) is 0.882. The molecule has 0 spiro atoms. The predicted octanol–water partition coefficient (Wildman–Crippen LogP) is 6.87. The first-order valence-corrected chi connectivity index (χ1v) is 15.1. The smallest absolute Gasteiger partial charge is 0.413 e. The minimum absolute atomic E-state index is 0.152. The van der Waals surface area contributed by atoms with E-state index in [9.17, 15) is 18.8 Å². The van der Waals surface area contributed by atoms with Gasteiger partial charge in [0.1, 0.15) is 29.4 Å². The minimum Gasteiger partial charge on any atom is -0.490 e. The van der Waals surface area contributed by atoms with Gasteiger partial charge in [0.15, 0.2) is 5.13 Å². The number of benzene rings is 2. The molecule has 0 aliphatic carbocycles. The van der Waals surface area contributed by atoms with Crippen molar-refractivity contribution in [1.29, 1.82) is 0 Å². The molecule has 0 radical (unpaired) electrons. The Hall–Kier alpha value is -3.64. The highest BCUT2D eigenvalue weighted by atomic mass is 35.5. The van der Waals surface area contributed by atoms with Gasteiger partial charge in [-0.25, -0.2) is 19.0 Å². The van der Waals surface area contributed by atoms with E-state index in [0.717, 1.165) is 11.3 Å². The fraction of sp³-hybridized carbons (Fsp3) is 0.467. The van der Waals surface area contributed by atoms with Gasteiger partial charge in [-0.3, -0.25) is 10.1 Å². The maximum Gasteiger partial charge on any atom is 0.413 e. The molecule has 1 fully saturated rings. The van der Waals surface area contributed by atoms with Crippen LogP contribution >= 0.6 is 22.9 Å². The van der Waals surface area contributed by atoms with Crippen molar-refractivity contribution in [2.75, 3.05) is 31.6 Å². The van der Waals surface area contributed by atoms with Crippen molar-refractivity contribution in [2.24, 2.45) is 0 Å². The summed E-state index contributed by atoms with van der Waals surface area (Å²) in [5.74, 6) is -0.392. The van der Waals surface area contributed by atoms with E-state index in [1.165, 1.54) is 6.07 Å². The fourth-order valence-electron chi connectivity index (χ4n) is 5.15. The molecule has 5 rings (SSSR count). The third-order valence-corrected chi connectivity index (χ3v) is 8.17. The summed E-state index contributed by atoms with van der Waals surface area (Å²) in [6.07, 6.45) is -1.15. The van der Waals surface area contributed by atoms with E-state index in [1.807, 2.05) is 0 Å². The number of halogens is 2. The molecular weight excluding hydrogens is 599 g/mol. The maximum absolute atomic E-state index is 14.9. The number of nitrogens with zero attached hydrogens (tertiary/aromatic N) is 3. The molecule has 0 unspecified atom stereocenters. The fourth-order valence-corrected chi connectivity index (χ4v) is 6.38. The molecular formula is C30H34ClFN4O6S. The Kier molecular flexibility index (Phi) is 7.97. The zero-order valence-electron chi connectivity index (χ0n) is 25.1. The summed E-state index contributed by atoms with van der Waals surface area (Å²) in [4.78, 5) is 46.6. The number of ether oxygens (including phenoxy) is 3. The summed E-state index contributed by atoms with van der Waals surface area (Å²) in [7, 11) is 0. The Bertz CT molecular complexity index is 1630. The predicted molar refractivity (Wildman–Crippen MR) is 163 cm³/mol. The number of fused-ring (bicyclic) bond motifs is 3. The number of carbonyl (C=O) groups is 3. The molecule has 1 aromatic heterocycles. The first-order chi connectivity index (χ1) is 20.0. The van der Waals surface area contributed by atoms with Gasteiger partial charge in [0.05, 0.1) is 21.8 Å². The van der Waals surface area contributed by atoms with Gasteiger partial charge in [-0.05, 0) is 66.7 Å². The molecule has 2 aromatic carbocycles. The van der Waals surface area contributed by atoms with Gasteiger partial charge < -0.3 is 24.0 Å². The number of hydrogen-bond acceptors (Lipinski definition) is 8. The molecule has 1 N–H and O–H groups in total. The Morgan fingerprint density at radius 2 is 1.81 bits per heavy atom. The molecule has 1 saturated heterocycles. The lowest BCUT2D eigenvalue weighted by molar-refractivity contribution is 0.000929. The monoisotopic (exact) mass is 632 g/mol. The van der Waals surface area contributed by atoms with Crippen LogP contribution in [0.15, 0.2) is 18.2 Å². The van der Waals surface area contributed by atoms with Crippen LogP contribution < -0.4 is 10.1 Å². The van der Waals surface area contributed by atoms with Crippen molar-refractivity contribution in [3.05, 3.63) is 40.2 Å². The standard InChI is InChI=1S/C30H34ClFN4O6S/c1-15-21(17-8-9-20(32)24-22(17)33-26(43-24)34-27(38)41-29(2,3)4)19(31)12-18-23(15)40-14-16-13-35(10-11-36(16)25(18)37)28(39)42-30(5,6)7/h8-9,12,16H,10-11,13-14H2,1-7H3,(H,33,34,38)/t16-/m1/s1. The number of piperazine rings is 1. The van der Waals surface area contributed by atoms with Crippen LogP contribution in [0.1, 0.15) is 57.5 Å². The molecule has 3 amide bonds. The number of thiazole rings is 1. The van der Waals surface area contributed by atoms with E-state index in [0.29, 0.717) is 46.6 Å². The quantitative estimate of drug-likeness (QED) is 0.328. The first kappa shape index (κ1) is 30.8. The SMILES string of the molecule is Cc1c2c(cc(Cl)c1-c1ccc(F)c3sc(NC(=O)OC(C)(C)C)nc13)C(=O)N1CCN(C(=O)OC(C)(C)C)C[C@@H]1CO2. The Morgan fingerprint density at radius 1 is 1.12 bits per heavy atom. The number of hydrogen-bond donors (Lipinski definition) is 1. The topological polar surface area (TPSA) is 110 Å². The van der Waals surface area contributed by atoms with Crippen LogP contribution in [0.25, 0.3) is 21.3 Å². The van der Waals surface area contributed by atoms with Crippen molar-refractivity contribution in [3.63, 3.8) is 0 Å². The van der Waals surface area contributed by atoms with E-state index in [4.69, 9.17) is 25.8 Å². The highest BCUT2D eigenvalue weighted by molar-refractivity contribution is 7.22. The molecule has 0 bridgehead atoms. The van der Waals surface area contributed by atoms with Gasteiger partial charge in [0.25, 0.3) is 5.91 Å². The lowest BCUT2D eigenvalue weighted by Gasteiger charge is -2.40. The molecule has 3 heterocycles. The van der Waals surface area contributed by atoms with Gasteiger partial charge >= 0.3 is 12.2 Å². The van der Waals surface area contributed by atoms with Crippen LogP contribution in [-0.4, -0.2) is 76.4 Å². The highest BCUT2D eigenvalue weighted by Gasteiger charge is 2.39. The Morgan fingerprint density at radius 3 is 2.49 bits per heavy atom. The van der Waals surface area contributed by atoms with Crippen LogP contribution in [0.5, 0.6) is 5.75 Å².